The van der Waals surface area contributed by atoms with E-state index in [1.54, 1.807) is 0 Å². The minimum Gasteiger partial charge on any atom is -0.508 e. The third-order valence-corrected chi connectivity index (χ3v) is 4.13. The SMILES string of the molecule is CC(C)(C)c1cc(O)c(-c2cc(O)c(C(C)(C)C)cc2O)cc1O. The van der Waals surface area contributed by atoms with Gasteiger partial charge in [0.05, 0.1) is 0 Å². The molecule has 0 unspecified atom stereocenters. The molecule has 0 spiro atoms. The number of benzene rings is 2. The zero-order valence-electron chi connectivity index (χ0n) is 15.1. The molecule has 0 fully saturated rings. The predicted octanol–water partition coefficient (Wildman–Crippen LogP) is 4.77. The molecule has 24 heavy (non-hydrogen) atoms. The molecule has 2 aromatic rings. The van der Waals surface area contributed by atoms with E-state index in [4.69, 9.17) is 0 Å². The van der Waals surface area contributed by atoms with Crippen molar-refractivity contribution < 1.29 is 20.4 Å². The summed E-state index contributed by atoms with van der Waals surface area (Å²) in [5.41, 5.74) is 1.10. The first kappa shape index (κ1) is 18.0. The summed E-state index contributed by atoms with van der Waals surface area (Å²) < 4.78 is 0. The maximum Gasteiger partial charge on any atom is 0.124 e. The molecule has 4 heteroatoms. The van der Waals surface area contributed by atoms with Crippen molar-refractivity contribution in [3.8, 4) is 34.1 Å². The van der Waals surface area contributed by atoms with Gasteiger partial charge in [0, 0.05) is 22.3 Å². The van der Waals surface area contributed by atoms with E-state index >= 15 is 0 Å². The number of aromatic hydroxyl groups is 4. The smallest absolute Gasteiger partial charge is 0.124 e. The van der Waals surface area contributed by atoms with Gasteiger partial charge in [-0.2, -0.15) is 0 Å². The average Bonchev–Trinajstić information content (AvgIpc) is 2.41. The van der Waals surface area contributed by atoms with Gasteiger partial charge >= 0.3 is 0 Å². The van der Waals surface area contributed by atoms with E-state index in [1.165, 1.54) is 24.3 Å². The molecule has 0 aliphatic heterocycles. The third-order valence-electron chi connectivity index (χ3n) is 4.13. The van der Waals surface area contributed by atoms with E-state index in [0.29, 0.717) is 11.1 Å². The fourth-order valence-corrected chi connectivity index (χ4v) is 2.79. The lowest BCUT2D eigenvalue weighted by atomic mass is 9.83. The van der Waals surface area contributed by atoms with Crippen LogP contribution in [0, 0.1) is 0 Å². The van der Waals surface area contributed by atoms with Crippen molar-refractivity contribution in [1.82, 2.24) is 0 Å². The van der Waals surface area contributed by atoms with Crippen LogP contribution in [0.3, 0.4) is 0 Å². The second-order valence-electron chi connectivity index (χ2n) is 8.27. The van der Waals surface area contributed by atoms with E-state index in [0.717, 1.165) is 0 Å². The second-order valence-corrected chi connectivity index (χ2v) is 8.27. The molecule has 0 atom stereocenters. The molecular formula is C20H26O4. The molecule has 0 aliphatic rings. The lowest BCUT2D eigenvalue weighted by molar-refractivity contribution is 0.432. The van der Waals surface area contributed by atoms with Crippen LogP contribution in [0.2, 0.25) is 0 Å². The fourth-order valence-electron chi connectivity index (χ4n) is 2.79. The molecule has 0 saturated carbocycles. The van der Waals surface area contributed by atoms with Gasteiger partial charge in [-0.15, -0.1) is 0 Å². The first-order valence-electron chi connectivity index (χ1n) is 7.95. The minimum atomic E-state index is -0.333. The normalized spacial score (nSPS) is 12.4. The highest BCUT2D eigenvalue weighted by Crippen LogP contribution is 2.45. The molecule has 0 amide bonds. The van der Waals surface area contributed by atoms with Crippen LogP contribution < -0.4 is 0 Å². The number of hydrogen-bond donors (Lipinski definition) is 4. The van der Waals surface area contributed by atoms with Gasteiger partial charge in [0.2, 0.25) is 0 Å². The monoisotopic (exact) mass is 330 g/mol. The van der Waals surface area contributed by atoms with Crippen molar-refractivity contribution in [2.75, 3.05) is 0 Å². The van der Waals surface area contributed by atoms with Crippen molar-refractivity contribution in [3.05, 3.63) is 35.4 Å². The molecule has 130 valence electrons. The van der Waals surface area contributed by atoms with Crippen molar-refractivity contribution in [2.45, 2.75) is 52.4 Å². The molecule has 4 nitrogen and oxygen atoms in total. The Bertz CT molecular complexity index is 710. The topological polar surface area (TPSA) is 80.9 Å². The Balaban J connectivity index is 2.66. The van der Waals surface area contributed by atoms with Gasteiger partial charge in [0.25, 0.3) is 0 Å². The van der Waals surface area contributed by atoms with Crippen molar-refractivity contribution in [1.29, 1.82) is 0 Å². The van der Waals surface area contributed by atoms with Gasteiger partial charge in [-0.1, -0.05) is 41.5 Å². The van der Waals surface area contributed by atoms with Gasteiger partial charge in [0.1, 0.15) is 23.0 Å². The molecule has 4 N–H and O–H groups in total. The van der Waals surface area contributed by atoms with Gasteiger partial charge < -0.3 is 20.4 Å². The summed E-state index contributed by atoms with van der Waals surface area (Å²) in [6, 6.07) is 5.83. The molecule has 0 heterocycles. The summed E-state index contributed by atoms with van der Waals surface area (Å²) in [6.07, 6.45) is 0. The quantitative estimate of drug-likeness (QED) is 0.568. The number of hydrogen-bond acceptors (Lipinski definition) is 4. The first-order chi connectivity index (χ1) is 10.8. The Hall–Kier alpha value is -2.36. The maximum atomic E-state index is 10.4. The predicted molar refractivity (Wildman–Crippen MR) is 95.9 cm³/mol. The molecule has 0 radical (unpaired) electrons. The van der Waals surface area contributed by atoms with Gasteiger partial charge in [-0.25, -0.2) is 0 Å². The van der Waals surface area contributed by atoms with Crippen molar-refractivity contribution >= 4 is 0 Å². The zero-order chi connectivity index (χ0) is 18.4. The summed E-state index contributed by atoms with van der Waals surface area (Å²) in [6.45, 7) is 11.6. The highest BCUT2D eigenvalue weighted by Gasteiger charge is 2.24. The van der Waals surface area contributed by atoms with Crippen LogP contribution in [0.4, 0.5) is 0 Å². The van der Waals surface area contributed by atoms with E-state index in [2.05, 4.69) is 0 Å². The van der Waals surface area contributed by atoms with Crippen LogP contribution in [-0.2, 0) is 10.8 Å². The third kappa shape index (κ3) is 3.28. The summed E-state index contributed by atoms with van der Waals surface area (Å²) in [5.74, 6) is -0.0463. The summed E-state index contributed by atoms with van der Waals surface area (Å²) in [5, 5.41) is 41.3. The van der Waals surface area contributed by atoms with Crippen LogP contribution in [0.25, 0.3) is 11.1 Å². The van der Waals surface area contributed by atoms with E-state index in [-0.39, 0.29) is 45.0 Å². The maximum absolute atomic E-state index is 10.4. The van der Waals surface area contributed by atoms with Gasteiger partial charge in [-0.3, -0.25) is 0 Å². The largest absolute Gasteiger partial charge is 0.508 e. The molecule has 2 aromatic carbocycles. The summed E-state index contributed by atoms with van der Waals surface area (Å²) in [7, 11) is 0. The highest BCUT2D eigenvalue weighted by atomic mass is 16.3. The van der Waals surface area contributed by atoms with Gasteiger partial charge in [-0.05, 0) is 35.1 Å². The van der Waals surface area contributed by atoms with Gasteiger partial charge in [0.15, 0.2) is 0 Å². The number of phenols is 4. The van der Waals surface area contributed by atoms with Crippen LogP contribution in [0.5, 0.6) is 23.0 Å². The fraction of sp³-hybridized carbons (Fsp3) is 0.400. The van der Waals surface area contributed by atoms with Crippen LogP contribution >= 0.6 is 0 Å². The Morgan fingerprint density at radius 3 is 1.04 bits per heavy atom. The van der Waals surface area contributed by atoms with Crippen LogP contribution in [-0.4, -0.2) is 20.4 Å². The van der Waals surface area contributed by atoms with Crippen molar-refractivity contribution in [3.63, 3.8) is 0 Å². The zero-order valence-corrected chi connectivity index (χ0v) is 15.1. The summed E-state index contributed by atoms with van der Waals surface area (Å²) in [4.78, 5) is 0. The average molecular weight is 330 g/mol. The van der Waals surface area contributed by atoms with E-state index in [9.17, 15) is 20.4 Å². The Labute approximate surface area is 143 Å². The standard InChI is InChI=1S/C20H26O4/c1-19(2,3)13-9-15(21)11(7-17(13)23)12-8-18(24)14(10-16(12)22)20(4,5)6/h7-10,21-24H,1-6H3. The van der Waals surface area contributed by atoms with Crippen LogP contribution in [0.1, 0.15) is 52.7 Å². The van der Waals surface area contributed by atoms with E-state index in [1.807, 2.05) is 41.5 Å². The minimum absolute atomic E-state index is 0.0362. The Morgan fingerprint density at radius 2 is 0.792 bits per heavy atom. The highest BCUT2D eigenvalue weighted by molar-refractivity contribution is 5.79. The lowest BCUT2D eigenvalue weighted by Crippen LogP contribution is -2.12. The lowest BCUT2D eigenvalue weighted by Gasteiger charge is -2.23. The Morgan fingerprint density at radius 1 is 0.500 bits per heavy atom. The molecule has 2 rings (SSSR count). The van der Waals surface area contributed by atoms with E-state index < -0.39 is 0 Å². The molecule has 0 saturated heterocycles. The number of rotatable bonds is 1. The molecule has 0 aromatic heterocycles. The van der Waals surface area contributed by atoms with Crippen molar-refractivity contribution in [2.24, 2.45) is 0 Å². The molecule has 0 aliphatic carbocycles. The second kappa shape index (κ2) is 5.62. The Kier molecular flexibility index (Phi) is 4.21. The molecule has 0 bridgehead atoms. The van der Waals surface area contributed by atoms with Crippen LogP contribution in [0.15, 0.2) is 24.3 Å². The first-order valence-corrected chi connectivity index (χ1v) is 7.95. The summed E-state index contributed by atoms with van der Waals surface area (Å²) >= 11 is 0. The number of phenolic OH excluding ortho intramolecular Hbond substituents is 4. The molecular weight excluding hydrogens is 304 g/mol.